The molecule has 1 atom stereocenters. The SMILES string of the molecule is CCNC(CCCS(=O)(=O)CC)C1(OC)CCOCC1. The van der Waals surface area contributed by atoms with Crippen LogP contribution in [-0.4, -0.2) is 58.4 Å². The maximum absolute atomic E-state index is 11.6. The van der Waals surface area contributed by atoms with Gasteiger partial charge in [0, 0.05) is 45.0 Å². The van der Waals surface area contributed by atoms with Crippen molar-refractivity contribution in [1.29, 1.82) is 0 Å². The highest BCUT2D eigenvalue weighted by atomic mass is 32.2. The second-order valence-electron chi connectivity index (χ2n) is 5.37. The molecule has 0 amide bonds. The van der Waals surface area contributed by atoms with Crippen LogP contribution in [0.1, 0.15) is 39.5 Å². The number of nitrogens with one attached hydrogen (secondary N) is 1. The minimum atomic E-state index is -2.88. The average molecular weight is 307 g/mol. The summed E-state index contributed by atoms with van der Waals surface area (Å²) in [6.45, 7) is 6.05. The molecule has 6 heteroatoms. The van der Waals surface area contributed by atoms with Crippen LogP contribution in [0.25, 0.3) is 0 Å². The first-order chi connectivity index (χ1) is 9.49. The molecule has 0 radical (unpaired) electrons. The summed E-state index contributed by atoms with van der Waals surface area (Å²) in [6, 6.07) is 0.188. The number of sulfone groups is 1. The highest BCUT2D eigenvalue weighted by molar-refractivity contribution is 7.91. The van der Waals surface area contributed by atoms with Crippen LogP contribution in [0.2, 0.25) is 0 Å². The van der Waals surface area contributed by atoms with E-state index in [2.05, 4.69) is 12.2 Å². The minimum absolute atomic E-state index is 0.188. The van der Waals surface area contributed by atoms with Crippen LogP contribution >= 0.6 is 0 Å². The van der Waals surface area contributed by atoms with E-state index in [0.29, 0.717) is 19.6 Å². The molecule has 0 spiro atoms. The number of methoxy groups -OCH3 is 1. The lowest BCUT2D eigenvalue weighted by Crippen LogP contribution is -2.55. The van der Waals surface area contributed by atoms with Gasteiger partial charge in [0.05, 0.1) is 11.4 Å². The highest BCUT2D eigenvalue weighted by Gasteiger charge is 2.39. The Labute approximate surface area is 123 Å². The molecule has 1 saturated heterocycles. The third-order valence-corrected chi connectivity index (χ3v) is 6.01. The molecule has 20 heavy (non-hydrogen) atoms. The summed E-state index contributed by atoms with van der Waals surface area (Å²) in [6.07, 6.45) is 3.23. The predicted octanol–water partition coefficient (Wildman–Crippen LogP) is 1.38. The highest BCUT2D eigenvalue weighted by Crippen LogP contribution is 2.30. The maximum Gasteiger partial charge on any atom is 0.150 e. The van der Waals surface area contributed by atoms with Gasteiger partial charge in [0.2, 0.25) is 0 Å². The van der Waals surface area contributed by atoms with Crippen molar-refractivity contribution in [1.82, 2.24) is 5.32 Å². The van der Waals surface area contributed by atoms with E-state index in [1.54, 1.807) is 14.0 Å². The zero-order valence-corrected chi connectivity index (χ0v) is 13.8. The Kier molecular flexibility index (Phi) is 7.43. The summed E-state index contributed by atoms with van der Waals surface area (Å²) in [7, 11) is -1.13. The lowest BCUT2D eigenvalue weighted by atomic mass is 9.83. The van der Waals surface area contributed by atoms with Gasteiger partial charge in [0.15, 0.2) is 0 Å². The number of likely N-dealkylation sites (N-methyl/N-ethyl adjacent to an activating group) is 1. The summed E-state index contributed by atoms with van der Waals surface area (Å²) in [4.78, 5) is 0. The van der Waals surface area contributed by atoms with Gasteiger partial charge in [-0.25, -0.2) is 8.42 Å². The molecular weight excluding hydrogens is 278 g/mol. The molecule has 1 unspecified atom stereocenters. The van der Waals surface area contributed by atoms with E-state index in [0.717, 1.165) is 25.8 Å². The topological polar surface area (TPSA) is 64.6 Å². The van der Waals surface area contributed by atoms with Crippen LogP contribution in [0.3, 0.4) is 0 Å². The maximum atomic E-state index is 11.6. The molecule has 1 rings (SSSR count). The summed E-state index contributed by atoms with van der Waals surface area (Å²) < 4.78 is 34.4. The molecule has 0 aromatic carbocycles. The van der Waals surface area contributed by atoms with Gasteiger partial charge in [-0.1, -0.05) is 13.8 Å². The fraction of sp³-hybridized carbons (Fsp3) is 1.00. The van der Waals surface area contributed by atoms with Gasteiger partial charge in [0.25, 0.3) is 0 Å². The first kappa shape index (κ1) is 17.9. The predicted molar refractivity (Wildman–Crippen MR) is 80.8 cm³/mol. The molecule has 1 fully saturated rings. The molecule has 0 aromatic heterocycles. The summed E-state index contributed by atoms with van der Waals surface area (Å²) in [5.41, 5.74) is -0.218. The van der Waals surface area contributed by atoms with Crippen LogP contribution in [0, 0.1) is 0 Å². The van der Waals surface area contributed by atoms with E-state index in [1.807, 2.05) is 0 Å². The molecule has 1 N–H and O–H groups in total. The van der Waals surface area contributed by atoms with Gasteiger partial charge in [-0.2, -0.15) is 0 Å². The monoisotopic (exact) mass is 307 g/mol. The molecule has 120 valence electrons. The fourth-order valence-corrected chi connectivity index (χ4v) is 3.76. The van der Waals surface area contributed by atoms with Crippen molar-refractivity contribution >= 4 is 9.84 Å². The smallest absolute Gasteiger partial charge is 0.150 e. The van der Waals surface area contributed by atoms with E-state index < -0.39 is 9.84 Å². The van der Waals surface area contributed by atoms with Gasteiger partial charge in [0.1, 0.15) is 9.84 Å². The zero-order valence-electron chi connectivity index (χ0n) is 13.0. The van der Waals surface area contributed by atoms with Crippen LogP contribution in [0.5, 0.6) is 0 Å². The van der Waals surface area contributed by atoms with Crippen LogP contribution < -0.4 is 5.32 Å². The number of hydrogen-bond donors (Lipinski definition) is 1. The van der Waals surface area contributed by atoms with Crippen molar-refractivity contribution in [3.63, 3.8) is 0 Å². The van der Waals surface area contributed by atoms with Gasteiger partial charge >= 0.3 is 0 Å². The average Bonchev–Trinajstić information content (AvgIpc) is 2.47. The van der Waals surface area contributed by atoms with Gasteiger partial charge in [-0.3, -0.25) is 0 Å². The standard InChI is InChI=1S/C14H29NO4S/c1-4-15-13(7-6-12-20(16,17)5-2)14(18-3)8-10-19-11-9-14/h13,15H,4-12H2,1-3H3. The molecular formula is C14H29NO4S. The molecule has 0 bridgehead atoms. The Bertz CT molecular complexity index is 363. The Hall–Kier alpha value is -0.170. The Morgan fingerprint density at radius 1 is 1.30 bits per heavy atom. The van der Waals surface area contributed by atoms with E-state index in [4.69, 9.17) is 9.47 Å². The van der Waals surface area contributed by atoms with Crippen LogP contribution in [-0.2, 0) is 19.3 Å². The second-order valence-corrected chi connectivity index (χ2v) is 7.84. The third kappa shape index (κ3) is 4.98. The molecule has 5 nitrogen and oxygen atoms in total. The molecule has 1 heterocycles. The lowest BCUT2D eigenvalue weighted by Gasteiger charge is -2.42. The number of ether oxygens (including phenoxy) is 2. The quantitative estimate of drug-likeness (QED) is 0.697. The third-order valence-electron chi connectivity index (χ3n) is 4.22. The largest absolute Gasteiger partial charge is 0.381 e. The molecule has 1 aliphatic heterocycles. The Morgan fingerprint density at radius 3 is 2.45 bits per heavy atom. The summed E-state index contributed by atoms with van der Waals surface area (Å²) in [5.74, 6) is 0.490. The number of hydrogen-bond acceptors (Lipinski definition) is 5. The Morgan fingerprint density at radius 2 is 1.95 bits per heavy atom. The van der Waals surface area contributed by atoms with Crippen molar-refractivity contribution in [3.8, 4) is 0 Å². The minimum Gasteiger partial charge on any atom is -0.381 e. The normalized spacial score (nSPS) is 20.8. The van der Waals surface area contributed by atoms with E-state index >= 15 is 0 Å². The van der Waals surface area contributed by atoms with E-state index in [-0.39, 0.29) is 23.1 Å². The van der Waals surface area contributed by atoms with Crippen molar-refractivity contribution in [2.75, 3.05) is 38.4 Å². The summed E-state index contributed by atoms with van der Waals surface area (Å²) >= 11 is 0. The van der Waals surface area contributed by atoms with E-state index in [1.165, 1.54) is 0 Å². The molecule has 0 saturated carbocycles. The molecule has 1 aliphatic rings. The van der Waals surface area contributed by atoms with Gasteiger partial charge in [-0.15, -0.1) is 0 Å². The first-order valence-electron chi connectivity index (χ1n) is 7.56. The van der Waals surface area contributed by atoms with Crippen LogP contribution in [0.15, 0.2) is 0 Å². The van der Waals surface area contributed by atoms with Crippen molar-refractivity contribution < 1.29 is 17.9 Å². The number of rotatable bonds is 9. The van der Waals surface area contributed by atoms with E-state index in [9.17, 15) is 8.42 Å². The van der Waals surface area contributed by atoms with Gasteiger partial charge in [-0.05, 0) is 19.4 Å². The zero-order chi connectivity index (χ0) is 15.1. The van der Waals surface area contributed by atoms with Crippen molar-refractivity contribution in [3.05, 3.63) is 0 Å². The molecule has 0 aromatic rings. The molecule has 0 aliphatic carbocycles. The lowest BCUT2D eigenvalue weighted by molar-refractivity contribution is -0.111. The van der Waals surface area contributed by atoms with Crippen molar-refractivity contribution in [2.45, 2.75) is 51.2 Å². The summed E-state index contributed by atoms with van der Waals surface area (Å²) in [5, 5.41) is 3.47. The van der Waals surface area contributed by atoms with Gasteiger partial charge < -0.3 is 14.8 Å². The van der Waals surface area contributed by atoms with Crippen LogP contribution in [0.4, 0.5) is 0 Å². The van der Waals surface area contributed by atoms with Crippen molar-refractivity contribution in [2.24, 2.45) is 0 Å². The fourth-order valence-electron chi connectivity index (χ4n) is 2.86. The first-order valence-corrected chi connectivity index (χ1v) is 9.38. The Balaban J connectivity index is 2.62. The second kappa shape index (κ2) is 8.32.